The molecule has 2 amide bonds. The number of benzene rings is 1. The van der Waals surface area contributed by atoms with Crippen LogP contribution in [0.3, 0.4) is 0 Å². The van der Waals surface area contributed by atoms with Crippen LogP contribution in [0.4, 0.5) is 0 Å². The van der Waals surface area contributed by atoms with E-state index < -0.39 is 0 Å². The Hall–Kier alpha value is -1.59. The second-order valence-corrected chi connectivity index (χ2v) is 11.3. The Bertz CT molecular complexity index is 829. The van der Waals surface area contributed by atoms with Gasteiger partial charge >= 0.3 is 0 Å². The van der Waals surface area contributed by atoms with Crippen molar-refractivity contribution in [3.05, 3.63) is 34.9 Å². The normalized spacial score (nSPS) is 32.5. The highest BCUT2D eigenvalue weighted by Gasteiger charge is 2.54. The molecular weight excluding hydrogens is 424 g/mol. The summed E-state index contributed by atoms with van der Waals surface area (Å²) < 4.78 is 5.58. The van der Waals surface area contributed by atoms with Crippen molar-refractivity contribution in [3.63, 3.8) is 0 Å². The van der Waals surface area contributed by atoms with Crippen LogP contribution in [-0.2, 0) is 19.7 Å². The Kier molecular flexibility index (Phi) is 6.23. The van der Waals surface area contributed by atoms with Crippen molar-refractivity contribution in [2.45, 2.75) is 63.2 Å². The maximum Gasteiger partial charge on any atom is 0.226 e. The summed E-state index contributed by atoms with van der Waals surface area (Å²) in [6, 6.07) is 7.94. The Morgan fingerprint density at radius 1 is 1.00 bits per heavy atom. The SMILES string of the molecule is O=C(CCNC(=O)C12CC3CC(CC(C3)C1)C2)NCC1(c2cccc(Cl)c2)CCOCC1. The number of nitrogens with one attached hydrogen (secondary N) is 2. The molecule has 4 saturated carbocycles. The van der Waals surface area contributed by atoms with Crippen molar-refractivity contribution in [3.8, 4) is 0 Å². The molecule has 0 unspecified atom stereocenters. The molecule has 0 radical (unpaired) electrons. The van der Waals surface area contributed by atoms with Gasteiger partial charge in [0.1, 0.15) is 0 Å². The zero-order chi connectivity index (χ0) is 22.2. The maximum atomic E-state index is 13.1. The van der Waals surface area contributed by atoms with Gasteiger partial charge in [0.25, 0.3) is 0 Å². The van der Waals surface area contributed by atoms with Gasteiger partial charge in [-0.05, 0) is 86.8 Å². The van der Waals surface area contributed by atoms with Gasteiger partial charge in [-0.25, -0.2) is 0 Å². The highest BCUT2D eigenvalue weighted by atomic mass is 35.5. The second-order valence-electron chi connectivity index (χ2n) is 10.9. The molecule has 0 aromatic heterocycles. The van der Waals surface area contributed by atoms with Crippen LogP contribution in [-0.4, -0.2) is 38.1 Å². The summed E-state index contributed by atoms with van der Waals surface area (Å²) in [6.07, 6.45) is 9.19. The van der Waals surface area contributed by atoms with E-state index in [0.29, 0.717) is 37.7 Å². The molecule has 5 nitrogen and oxygen atoms in total. The summed E-state index contributed by atoms with van der Waals surface area (Å²) in [7, 11) is 0. The predicted octanol–water partition coefficient (Wildman–Crippen LogP) is 4.23. The molecule has 1 aromatic rings. The molecule has 2 N–H and O–H groups in total. The van der Waals surface area contributed by atoms with Gasteiger partial charge in [0, 0.05) is 48.6 Å². The van der Waals surface area contributed by atoms with Crippen LogP contribution < -0.4 is 10.6 Å². The van der Waals surface area contributed by atoms with Crippen molar-refractivity contribution in [1.29, 1.82) is 0 Å². The summed E-state index contributed by atoms with van der Waals surface area (Å²) in [6.45, 7) is 2.35. The van der Waals surface area contributed by atoms with Gasteiger partial charge in [-0.2, -0.15) is 0 Å². The smallest absolute Gasteiger partial charge is 0.226 e. The minimum Gasteiger partial charge on any atom is -0.381 e. The van der Waals surface area contributed by atoms with E-state index in [9.17, 15) is 9.59 Å². The van der Waals surface area contributed by atoms with E-state index in [2.05, 4.69) is 16.7 Å². The maximum absolute atomic E-state index is 13.1. The van der Waals surface area contributed by atoms with Crippen molar-refractivity contribution in [1.82, 2.24) is 10.6 Å². The van der Waals surface area contributed by atoms with Gasteiger partial charge in [0.05, 0.1) is 0 Å². The Morgan fingerprint density at radius 3 is 2.28 bits per heavy atom. The third-order valence-corrected chi connectivity index (χ3v) is 8.90. The van der Waals surface area contributed by atoms with Gasteiger partial charge in [-0.3, -0.25) is 9.59 Å². The number of carbonyl (C=O) groups excluding carboxylic acids is 2. The van der Waals surface area contributed by atoms with Crippen LogP contribution in [0.2, 0.25) is 5.02 Å². The average Bonchev–Trinajstić information content (AvgIpc) is 2.77. The molecule has 0 atom stereocenters. The molecule has 174 valence electrons. The Labute approximate surface area is 196 Å². The lowest BCUT2D eigenvalue weighted by Gasteiger charge is -2.55. The van der Waals surface area contributed by atoms with Crippen LogP contribution in [0.1, 0.15) is 63.4 Å². The molecule has 4 aliphatic carbocycles. The van der Waals surface area contributed by atoms with E-state index in [1.807, 2.05) is 18.2 Å². The summed E-state index contributed by atoms with van der Waals surface area (Å²) in [5, 5.41) is 6.97. The summed E-state index contributed by atoms with van der Waals surface area (Å²) in [5.74, 6) is 2.43. The first kappa shape index (κ1) is 22.2. The lowest BCUT2D eigenvalue weighted by Crippen LogP contribution is -2.54. The zero-order valence-corrected chi connectivity index (χ0v) is 19.6. The van der Waals surface area contributed by atoms with Gasteiger partial charge in [-0.15, -0.1) is 0 Å². The molecule has 6 rings (SSSR count). The number of ether oxygens (including phenoxy) is 1. The van der Waals surface area contributed by atoms with Crippen LogP contribution in [0.25, 0.3) is 0 Å². The molecule has 32 heavy (non-hydrogen) atoms. The third kappa shape index (κ3) is 4.43. The number of halogens is 1. The molecule has 1 aliphatic heterocycles. The van der Waals surface area contributed by atoms with E-state index in [0.717, 1.165) is 55.4 Å². The van der Waals surface area contributed by atoms with Crippen molar-refractivity contribution in [2.24, 2.45) is 23.2 Å². The highest BCUT2D eigenvalue weighted by Crippen LogP contribution is 2.60. The Balaban J connectivity index is 1.13. The Morgan fingerprint density at radius 2 is 1.66 bits per heavy atom. The predicted molar refractivity (Wildman–Crippen MR) is 124 cm³/mol. The van der Waals surface area contributed by atoms with Gasteiger partial charge in [-0.1, -0.05) is 23.7 Å². The summed E-state index contributed by atoms with van der Waals surface area (Å²) >= 11 is 6.24. The van der Waals surface area contributed by atoms with Crippen LogP contribution >= 0.6 is 11.6 Å². The number of carbonyl (C=O) groups is 2. The van der Waals surface area contributed by atoms with Crippen molar-refractivity contribution >= 4 is 23.4 Å². The lowest BCUT2D eigenvalue weighted by atomic mass is 9.49. The van der Waals surface area contributed by atoms with E-state index in [1.165, 1.54) is 19.3 Å². The molecule has 1 aromatic carbocycles. The molecular formula is C26H35ClN2O3. The summed E-state index contributed by atoms with van der Waals surface area (Å²) in [4.78, 5) is 25.7. The minimum atomic E-state index is -0.152. The van der Waals surface area contributed by atoms with Crippen molar-refractivity contribution in [2.75, 3.05) is 26.3 Å². The number of rotatable bonds is 7. The monoisotopic (exact) mass is 458 g/mol. The van der Waals surface area contributed by atoms with E-state index in [1.54, 1.807) is 0 Å². The largest absolute Gasteiger partial charge is 0.381 e. The van der Waals surface area contributed by atoms with Crippen LogP contribution in [0, 0.1) is 23.2 Å². The zero-order valence-electron chi connectivity index (χ0n) is 18.8. The highest BCUT2D eigenvalue weighted by molar-refractivity contribution is 6.30. The quantitative estimate of drug-likeness (QED) is 0.642. The molecule has 4 bridgehead atoms. The average molecular weight is 459 g/mol. The molecule has 0 spiro atoms. The van der Waals surface area contributed by atoms with Crippen molar-refractivity contribution < 1.29 is 14.3 Å². The van der Waals surface area contributed by atoms with Gasteiger partial charge in [0.2, 0.25) is 11.8 Å². The standard InChI is InChI=1S/C26H35ClN2O3/c27-22-3-1-2-21(13-22)25(5-8-32-9-6-25)17-29-23(30)4-7-28-24(31)26-14-18-10-19(15-26)12-20(11-18)16-26/h1-3,13,18-20H,4-12,14-17H2,(H,28,31)(H,29,30). The van der Waals surface area contributed by atoms with E-state index >= 15 is 0 Å². The van der Waals surface area contributed by atoms with E-state index in [-0.39, 0.29) is 22.6 Å². The van der Waals surface area contributed by atoms with Crippen LogP contribution in [0.5, 0.6) is 0 Å². The van der Waals surface area contributed by atoms with Gasteiger partial charge in [0.15, 0.2) is 0 Å². The van der Waals surface area contributed by atoms with Gasteiger partial charge < -0.3 is 15.4 Å². The molecule has 6 heteroatoms. The molecule has 5 fully saturated rings. The summed E-state index contributed by atoms with van der Waals surface area (Å²) in [5.41, 5.74) is 0.856. The first-order valence-electron chi connectivity index (χ1n) is 12.4. The molecule has 1 heterocycles. The fourth-order valence-corrected chi connectivity index (χ4v) is 7.56. The fourth-order valence-electron chi connectivity index (χ4n) is 7.37. The topological polar surface area (TPSA) is 67.4 Å². The first-order valence-corrected chi connectivity index (χ1v) is 12.7. The van der Waals surface area contributed by atoms with E-state index in [4.69, 9.17) is 16.3 Å². The minimum absolute atomic E-state index is 0.0105. The lowest BCUT2D eigenvalue weighted by molar-refractivity contribution is -0.146. The fraction of sp³-hybridized carbons (Fsp3) is 0.692. The molecule has 5 aliphatic rings. The second kappa shape index (κ2) is 8.98. The first-order chi connectivity index (χ1) is 15.5. The third-order valence-electron chi connectivity index (χ3n) is 8.67. The number of hydrogen-bond donors (Lipinski definition) is 2. The number of hydrogen-bond acceptors (Lipinski definition) is 3. The number of amides is 2. The van der Waals surface area contributed by atoms with Crippen LogP contribution in [0.15, 0.2) is 24.3 Å². The molecule has 1 saturated heterocycles.